The molecule has 7 nitrogen and oxygen atoms in total. The van der Waals surface area contributed by atoms with Crippen LogP contribution in [0.3, 0.4) is 0 Å². The number of rotatable bonds is 11. The highest BCUT2D eigenvalue weighted by Crippen LogP contribution is 2.33. The highest BCUT2D eigenvalue weighted by molar-refractivity contribution is 5.80. The lowest BCUT2D eigenvalue weighted by Gasteiger charge is -2.41. The van der Waals surface area contributed by atoms with Gasteiger partial charge in [-0.1, -0.05) is 106 Å². The van der Waals surface area contributed by atoms with E-state index in [1.165, 1.54) is 18.4 Å². The van der Waals surface area contributed by atoms with Gasteiger partial charge >= 0.3 is 0 Å². The van der Waals surface area contributed by atoms with Gasteiger partial charge in [-0.3, -0.25) is 9.69 Å². The number of allylic oxidation sites excluding steroid dienone is 1. The molecule has 0 saturated carbocycles. The lowest BCUT2D eigenvalue weighted by Crippen LogP contribution is -2.53. The summed E-state index contributed by atoms with van der Waals surface area (Å²) < 4.78 is 2.34. The van der Waals surface area contributed by atoms with Crippen LogP contribution in [0.5, 0.6) is 0 Å². The van der Waals surface area contributed by atoms with E-state index in [4.69, 9.17) is 0 Å². The largest absolute Gasteiger partial charge is 0.374 e. The second-order valence-corrected chi connectivity index (χ2v) is 14.6. The van der Waals surface area contributed by atoms with Crippen molar-refractivity contribution in [3.63, 3.8) is 0 Å². The second kappa shape index (κ2) is 19.9. The van der Waals surface area contributed by atoms with Crippen LogP contribution in [0.2, 0.25) is 0 Å². The molecule has 0 bridgehead atoms. The summed E-state index contributed by atoms with van der Waals surface area (Å²) in [4.78, 5) is 18.0. The summed E-state index contributed by atoms with van der Waals surface area (Å²) in [6, 6.07) is 11.9. The predicted molar refractivity (Wildman–Crippen MR) is 197 cm³/mol. The van der Waals surface area contributed by atoms with Crippen molar-refractivity contribution >= 4 is 5.91 Å². The van der Waals surface area contributed by atoms with E-state index < -0.39 is 0 Å². The number of carbonyl (C=O) groups is 1. The molecule has 1 aromatic carbocycles. The Morgan fingerprint density at radius 1 is 1.00 bits per heavy atom. The van der Waals surface area contributed by atoms with Gasteiger partial charge in [-0.2, -0.15) is 0 Å². The van der Waals surface area contributed by atoms with Crippen LogP contribution >= 0.6 is 0 Å². The number of aromatic nitrogens is 3. The van der Waals surface area contributed by atoms with E-state index in [-0.39, 0.29) is 17.9 Å². The molecule has 0 spiro atoms. The summed E-state index contributed by atoms with van der Waals surface area (Å²) in [6.07, 6.45) is 4.43. The van der Waals surface area contributed by atoms with Gasteiger partial charge in [0.1, 0.15) is 11.6 Å². The Balaban J connectivity index is 0.00000106. The normalized spacial score (nSPS) is 19.4. The van der Waals surface area contributed by atoms with E-state index in [9.17, 15) is 4.79 Å². The summed E-state index contributed by atoms with van der Waals surface area (Å²) in [5.74, 6) is 2.65. The molecular formula is C39H70N6O. The zero-order valence-corrected chi connectivity index (χ0v) is 32.2. The summed E-state index contributed by atoms with van der Waals surface area (Å²) in [5.41, 5.74) is 2.72. The minimum absolute atomic E-state index is 0.0195. The molecule has 2 aliphatic rings. The van der Waals surface area contributed by atoms with Crippen LogP contribution in [0, 0.1) is 18.3 Å². The van der Waals surface area contributed by atoms with E-state index in [0.717, 1.165) is 49.8 Å². The van der Waals surface area contributed by atoms with Gasteiger partial charge in [0.05, 0.1) is 12.0 Å². The van der Waals surface area contributed by atoms with E-state index >= 15 is 0 Å². The van der Waals surface area contributed by atoms with E-state index in [1.54, 1.807) is 0 Å². The number of amides is 1. The fourth-order valence-corrected chi connectivity index (χ4v) is 6.14. The molecule has 46 heavy (non-hydrogen) atoms. The van der Waals surface area contributed by atoms with Crippen molar-refractivity contribution in [2.75, 3.05) is 19.6 Å². The monoisotopic (exact) mass is 639 g/mol. The van der Waals surface area contributed by atoms with Crippen LogP contribution in [-0.4, -0.2) is 62.2 Å². The molecule has 0 aliphatic carbocycles. The number of hydrogen-bond donors (Lipinski definition) is 1. The first-order chi connectivity index (χ1) is 21.7. The smallest absolute Gasteiger partial charge is 0.227 e. The maximum atomic E-state index is 13.1. The van der Waals surface area contributed by atoms with Crippen LogP contribution in [0.15, 0.2) is 42.6 Å². The van der Waals surface area contributed by atoms with Crippen molar-refractivity contribution < 1.29 is 4.79 Å². The van der Waals surface area contributed by atoms with Crippen molar-refractivity contribution in [1.29, 1.82) is 0 Å². The standard InChI is InChI=1S/C30H46N6O.C5H12.2C2H6/c1-20(2)29-33-32-24(7)36(29)23(6)17-27-14-13-22(5)35(27)16-15-28(25-11-9-8-10-12-25)31-30(37)26-18-34(19-26)21(3)4;1-5(2,3)4;2*1-2/h8-12,20,22-23,26-28H,3,13-19H2,1-2,4-7H3,(H,31,37);1-4H3;2*1-2H3. The Kier molecular flexibility index (Phi) is 17.9. The topological polar surface area (TPSA) is 66.3 Å². The van der Waals surface area contributed by atoms with Crippen molar-refractivity contribution in [2.45, 2.75) is 153 Å². The maximum absolute atomic E-state index is 13.1. The maximum Gasteiger partial charge on any atom is 0.227 e. The van der Waals surface area contributed by atoms with E-state index in [0.29, 0.717) is 29.5 Å². The lowest BCUT2D eigenvalue weighted by molar-refractivity contribution is -0.130. The SMILES string of the molecule is C=C(C)N1CC(C(=O)NC(CCN2C(C)CCC2CC(C)n2c(C)nnc2C(C)C)c2ccccc2)C1.CC.CC.CC(C)(C)C. The molecule has 4 unspecified atom stereocenters. The van der Waals surface area contributed by atoms with Crippen molar-refractivity contribution in [3.8, 4) is 0 Å². The van der Waals surface area contributed by atoms with Gasteiger partial charge in [0.15, 0.2) is 0 Å². The zero-order valence-electron chi connectivity index (χ0n) is 32.2. The molecule has 1 aromatic heterocycles. The third-order valence-corrected chi connectivity index (χ3v) is 8.40. The number of nitrogens with one attached hydrogen (secondary N) is 1. The molecule has 1 amide bonds. The fraction of sp³-hybridized carbons (Fsp3) is 0.718. The highest BCUT2D eigenvalue weighted by Gasteiger charge is 2.35. The lowest BCUT2D eigenvalue weighted by atomic mass is 9.96. The summed E-state index contributed by atoms with van der Waals surface area (Å²) in [5, 5.41) is 12.2. The Bertz CT molecular complexity index is 1140. The molecule has 2 aromatic rings. The van der Waals surface area contributed by atoms with Gasteiger partial charge in [-0.15, -0.1) is 10.2 Å². The summed E-state index contributed by atoms with van der Waals surface area (Å²) >= 11 is 0. The van der Waals surface area contributed by atoms with Gasteiger partial charge in [-0.05, 0) is 64.4 Å². The number of aryl methyl sites for hydroxylation is 1. The molecule has 1 N–H and O–H groups in total. The van der Waals surface area contributed by atoms with Crippen LogP contribution in [0.25, 0.3) is 0 Å². The summed E-state index contributed by atoms with van der Waals surface area (Å²) in [7, 11) is 0. The number of nitrogens with zero attached hydrogens (tertiary/aromatic N) is 5. The Hall–Kier alpha value is -2.67. The van der Waals surface area contributed by atoms with E-state index in [1.807, 2.05) is 40.7 Å². The Labute approximate surface area is 283 Å². The van der Waals surface area contributed by atoms with Crippen molar-refractivity contribution in [2.24, 2.45) is 11.3 Å². The van der Waals surface area contributed by atoms with Crippen LogP contribution in [0.1, 0.15) is 151 Å². The molecule has 4 rings (SSSR count). The van der Waals surface area contributed by atoms with Crippen LogP contribution in [-0.2, 0) is 4.79 Å². The second-order valence-electron chi connectivity index (χ2n) is 14.6. The van der Waals surface area contributed by atoms with Crippen LogP contribution < -0.4 is 5.32 Å². The molecule has 4 atom stereocenters. The number of carbonyl (C=O) groups excluding carboxylic acids is 1. The third kappa shape index (κ3) is 12.8. The molecule has 262 valence electrons. The fourth-order valence-electron chi connectivity index (χ4n) is 6.14. The molecule has 3 heterocycles. The first-order valence-corrected chi connectivity index (χ1v) is 18.1. The highest BCUT2D eigenvalue weighted by atomic mass is 16.2. The molecule has 0 radical (unpaired) electrons. The Morgan fingerprint density at radius 3 is 2.09 bits per heavy atom. The average molecular weight is 639 g/mol. The Morgan fingerprint density at radius 2 is 1.57 bits per heavy atom. The first kappa shape index (κ1) is 41.4. The molecule has 2 fully saturated rings. The van der Waals surface area contributed by atoms with E-state index in [2.05, 4.69) is 123 Å². The molecule has 7 heteroatoms. The van der Waals surface area contributed by atoms with Gasteiger partial charge in [0.25, 0.3) is 0 Å². The minimum Gasteiger partial charge on any atom is -0.374 e. The molecular weight excluding hydrogens is 568 g/mol. The predicted octanol–water partition coefficient (Wildman–Crippen LogP) is 9.33. The minimum atomic E-state index is 0.0195. The third-order valence-electron chi connectivity index (χ3n) is 8.40. The number of likely N-dealkylation sites (tertiary alicyclic amines) is 2. The first-order valence-electron chi connectivity index (χ1n) is 18.1. The zero-order chi connectivity index (χ0) is 35.2. The number of hydrogen-bond acceptors (Lipinski definition) is 5. The quantitative estimate of drug-likeness (QED) is 0.266. The van der Waals surface area contributed by atoms with Gasteiger partial charge in [0, 0.05) is 49.4 Å². The van der Waals surface area contributed by atoms with Gasteiger partial charge in [-0.25, -0.2) is 0 Å². The van der Waals surface area contributed by atoms with Crippen LogP contribution in [0.4, 0.5) is 0 Å². The summed E-state index contributed by atoms with van der Waals surface area (Å²) in [6.45, 7) is 36.4. The van der Waals surface area contributed by atoms with Crippen molar-refractivity contribution in [1.82, 2.24) is 29.9 Å². The van der Waals surface area contributed by atoms with Gasteiger partial charge < -0.3 is 14.8 Å². The van der Waals surface area contributed by atoms with Gasteiger partial charge in [0.2, 0.25) is 5.91 Å². The molecule has 2 saturated heterocycles. The van der Waals surface area contributed by atoms with Crippen molar-refractivity contribution in [3.05, 3.63) is 59.8 Å². The average Bonchev–Trinajstić information content (AvgIpc) is 3.53. The molecule has 2 aliphatic heterocycles. The number of benzene rings is 1.